The Morgan fingerprint density at radius 2 is 1.54 bits per heavy atom. The number of carbonyl (C=O) groups excluding carboxylic acids is 2. The third-order valence-corrected chi connectivity index (χ3v) is 7.16. The smallest absolute Gasteiger partial charge is 0.407 e. The van der Waals surface area contributed by atoms with Crippen molar-refractivity contribution in [2.24, 2.45) is 17.8 Å². The molecule has 5 rings (SSSR count). The van der Waals surface area contributed by atoms with E-state index in [9.17, 15) is 27.6 Å². The van der Waals surface area contributed by atoms with Crippen molar-refractivity contribution in [1.82, 2.24) is 10.2 Å². The van der Waals surface area contributed by atoms with Gasteiger partial charge in [-0.2, -0.15) is 13.2 Å². The van der Waals surface area contributed by atoms with Crippen LogP contribution in [0.2, 0.25) is 0 Å². The van der Waals surface area contributed by atoms with Crippen molar-refractivity contribution in [3.8, 4) is 11.1 Å². The maximum Gasteiger partial charge on any atom is 0.407 e. The summed E-state index contributed by atoms with van der Waals surface area (Å²) in [5.74, 6) is -3.18. The number of aliphatic carboxylic acids is 1. The molecular weight excluding hydrogens is 465 g/mol. The van der Waals surface area contributed by atoms with Crippen LogP contribution in [0.25, 0.3) is 11.1 Å². The quantitative estimate of drug-likeness (QED) is 0.648. The van der Waals surface area contributed by atoms with E-state index < -0.39 is 42.5 Å². The van der Waals surface area contributed by atoms with Gasteiger partial charge in [0.2, 0.25) is 5.91 Å². The van der Waals surface area contributed by atoms with Gasteiger partial charge in [-0.3, -0.25) is 9.59 Å². The lowest BCUT2D eigenvalue weighted by molar-refractivity contribution is -0.154. The fourth-order valence-corrected chi connectivity index (χ4v) is 5.51. The minimum atomic E-state index is -4.69. The molecule has 10 heteroatoms. The van der Waals surface area contributed by atoms with Crippen molar-refractivity contribution >= 4 is 18.0 Å². The summed E-state index contributed by atoms with van der Waals surface area (Å²) in [5.41, 5.74) is 3.92. The zero-order valence-electron chi connectivity index (χ0n) is 18.5. The van der Waals surface area contributed by atoms with E-state index in [0.717, 1.165) is 22.3 Å². The number of carboxylic acids is 1. The number of nitrogens with zero attached hydrogens (tertiary/aromatic N) is 1. The van der Waals surface area contributed by atoms with Gasteiger partial charge in [0.1, 0.15) is 12.6 Å². The molecule has 1 aliphatic heterocycles. The van der Waals surface area contributed by atoms with E-state index in [4.69, 9.17) is 9.84 Å². The lowest BCUT2D eigenvalue weighted by Crippen LogP contribution is -2.50. The second kappa shape index (κ2) is 8.58. The van der Waals surface area contributed by atoms with Crippen LogP contribution in [-0.4, -0.2) is 59.9 Å². The Hall–Kier alpha value is -3.56. The van der Waals surface area contributed by atoms with Crippen LogP contribution in [0.4, 0.5) is 18.0 Å². The summed E-state index contributed by atoms with van der Waals surface area (Å²) in [6.07, 6.45) is -7.34. The molecule has 2 aromatic carbocycles. The number of likely N-dealkylation sites (tertiary alicyclic amines) is 1. The molecular formula is C25H23F3N2O5. The molecule has 2 aromatic rings. The molecule has 184 valence electrons. The third-order valence-electron chi connectivity index (χ3n) is 7.16. The van der Waals surface area contributed by atoms with Crippen molar-refractivity contribution in [1.29, 1.82) is 0 Å². The molecule has 1 heterocycles. The van der Waals surface area contributed by atoms with Crippen LogP contribution in [0.3, 0.4) is 0 Å². The summed E-state index contributed by atoms with van der Waals surface area (Å²) in [5, 5.41) is 11.2. The number of alkyl carbamates (subject to hydrolysis) is 1. The van der Waals surface area contributed by atoms with Gasteiger partial charge in [0.15, 0.2) is 0 Å². The molecule has 2 N–H and O–H groups in total. The Morgan fingerprint density at radius 3 is 2.06 bits per heavy atom. The van der Waals surface area contributed by atoms with Crippen LogP contribution < -0.4 is 5.32 Å². The summed E-state index contributed by atoms with van der Waals surface area (Å²) >= 11 is 0. The minimum absolute atomic E-state index is 0.0706. The maximum absolute atomic E-state index is 13.2. The SMILES string of the molecule is O=C(NC(CC(F)(F)F)C(=O)N1C[C@@H]2C(C(=O)O)[C@@H]2C1)OCC1c2ccccc2-c2ccccc21. The fourth-order valence-electron chi connectivity index (χ4n) is 5.51. The van der Waals surface area contributed by atoms with Crippen LogP contribution in [0, 0.1) is 17.8 Å². The van der Waals surface area contributed by atoms with Crippen molar-refractivity contribution in [3.63, 3.8) is 0 Å². The Morgan fingerprint density at radius 1 is 1.00 bits per heavy atom. The largest absolute Gasteiger partial charge is 0.481 e. The lowest BCUT2D eigenvalue weighted by atomic mass is 9.98. The molecule has 3 aliphatic rings. The number of benzene rings is 2. The number of rotatable bonds is 6. The van der Waals surface area contributed by atoms with Crippen molar-refractivity contribution < 1.29 is 37.4 Å². The summed E-state index contributed by atoms with van der Waals surface area (Å²) < 4.78 is 44.8. The molecule has 4 atom stereocenters. The Balaban J connectivity index is 1.24. The van der Waals surface area contributed by atoms with Crippen molar-refractivity contribution in [2.45, 2.75) is 24.6 Å². The molecule has 0 bridgehead atoms. The molecule has 7 nitrogen and oxygen atoms in total. The highest BCUT2D eigenvalue weighted by molar-refractivity contribution is 5.87. The average Bonchev–Trinajstić information content (AvgIpc) is 3.17. The normalized spacial score (nSPS) is 23.2. The first kappa shape index (κ1) is 23.2. The summed E-state index contributed by atoms with van der Waals surface area (Å²) in [7, 11) is 0. The minimum Gasteiger partial charge on any atom is -0.481 e. The standard InChI is InChI=1S/C25H23F3N2O5/c26-25(27,28)9-20(22(31)30-10-17-18(11-30)21(17)23(32)33)29-24(34)35-12-19-15-7-3-1-5-13(15)14-6-2-4-8-16(14)19/h1-8,17-21H,9-12H2,(H,29,34)(H,32,33)/t17-,18+,20?,21?. The first-order valence-electron chi connectivity index (χ1n) is 11.3. The molecule has 2 aliphatic carbocycles. The van der Waals surface area contributed by atoms with Gasteiger partial charge in [0.05, 0.1) is 12.3 Å². The van der Waals surface area contributed by atoms with E-state index in [1.807, 2.05) is 48.5 Å². The summed E-state index contributed by atoms with van der Waals surface area (Å²) in [4.78, 5) is 37.6. The number of nitrogens with one attached hydrogen (secondary N) is 1. The zero-order chi connectivity index (χ0) is 24.9. The van der Waals surface area contributed by atoms with Crippen LogP contribution in [0.5, 0.6) is 0 Å². The van der Waals surface area contributed by atoms with Gasteiger partial charge in [-0.25, -0.2) is 4.79 Å². The summed E-state index contributed by atoms with van der Waals surface area (Å²) in [6.45, 7) is 0.0450. The number of hydrogen-bond donors (Lipinski definition) is 2. The molecule has 1 saturated carbocycles. The Kier molecular flexibility index (Phi) is 5.69. The van der Waals surface area contributed by atoms with Crippen LogP contribution >= 0.6 is 0 Å². The van der Waals surface area contributed by atoms with Crippen molar-refractivity contribution in [3.05, 3.63) is 59.7 Å². The van der Waals surface area contributed by atoms with Gasteiger partial charge >= 0.3 is 18.2 Å². The van der Waals surface area contributed by atoms with E-state index >= 15 is 0 Å². The average molecular weight is 488 g/mol. The number of ether oxygens (including phenoxy) is 1. The number of carboxylic acid groups (broad SMARTS) is 1. The number of piperidine rings is 1. The highest BCUT2D eigenvalue weighted by Gasteiger charge is 2.61. The molecule has 0 radical (unpaired) electrons. The van der Waals surface area contributed by atoms with Gasteiger partial charge < -0.3 is 20.1 Å². The highest BCUT2D eigenvalue weighted by Crippen LogP contribution is 2.52. The first-order chi connectivity index (χ1) is 16.6. The van der Waals surface area contributed by atoms with Crippen molar-refractivity contribution in [2.75, 3.05) is 19.7 Å². The van der Waals surface area contributed by atoms with E-state index in [1.54, 1.807) is 0 Å². The van der Waals surface area contributed by atoms with E-state index in [0.29, 0.717) is 0 Å². The van der Waals surface area contributed by atoms with Gasteiger partial charge in [-0.1, -0.05) is 48.5 Å². The molecule has 2 amide bonds. The Labute approximate surface area is 198 Å². The Bertz CT molecular complexity index is 1130. The second-order valence-electron chi connectivity index (χ2n) is 9.28. The van der Waals surface area contributed by atoms with Crippen LogP contribution in [0.1, 0.15) is 23.5 Å². The predicted molar refractivity (Wildman–Crippen MR) is 117 cm³/mol. The lowest BCUT2D eigenvalue weighted by Gasteiger charge is -2.26. The van der Waals surface area contributed by atoms with Gasteiger partial charge in [0.25, 0.3) is 0 Å². The number of hydrogen-bond acceptors (Lipinski definition) is 4. The second-order valence-corrected chi connectivity index (χ2v) is 9.28. The number of amides is 2. The molecule has 2 unspecified atom stereocenters. The predicted octanol–water partition coefficient (Wildman–Crippen LogP) is 3.64. The monoisotopic (exact) mass is 488 g/mol. The van der Waals surface area contributed by atoms with E-state index in [-0.39, 0.29) is 37.5 Å². The molecule has 35 heavy (non-hydrogen) atoms. The third kappa shape index (κ3) is 4.44. The number of carbonyl (C=O) groups is 3. The highest BCUT2D eigenvalue weighted by atomic mass is 19.4. The number of alkyl halides is 3. The summed E-state index contributed by atoms with van der Waals surface area (Å²) in [6, 6.07) is 13.5. The van der Waals surface area contributed by atoms with Gasteiger partial charge in [-0.15, -0.1) is 0 Å². The molecule has 0 aromatic heterocycles. The van der Waals surface area contributed by atoms with Gasteiger partial charge in [-0.05, 0) is 34.1 Å². The number of halogens is 3. The molecule has 2 fully saturated rings. The molecule has 0 spiro atoms. The number of fused-ring (bicyclic) bond motifs is 4. The van der Waals surface area contributed by atoms with Crippen LogP contribution in [0.15, 0.2) is 48.5 Å². The van der Waals surface area contributed by atoms with E-state index in [2.05, 4.69) is 5.32 Å². The fraction of sp³-hybridized carbons (Fsp3) is 0.400. The first-order valence-corrected chi connectivity index (χ1v) is 11.3. The van der Waals surface area contributed by atoms with Gasteiger partial charge in [0, 0.05) is 19.0 Å². The topological polar surface area (TPSA) is 95.9 Å². The molecule has 1 saturated heterocycles. The maximum atomic E-state index is 13.2. The van der Waals surface area contributed by atoms with E-state index in [1.165, 1.54) is 4.90 Å². The zero-order valence-corrected chi connectivity index (χ0v) is 18.5. The van der Waals surface area contributed by atoms with Crippen LogP contribution in [-0.2, 0) is 14.3 Å².